The number of hydrogen-bond donors (Lipinski definition) is 1. The van der Waals surface area contributed by atoms with Crippen LogP contribution in [0.25, 0.3) is 10.6 Å². The third-order valence-corrected chi connectivity index (χ3v) is 5.65. The van der Waals surface area contributed by atoms with Gasteiger partial charge in [-0.1, -0.05) is 13.8 Å². The molecule has 102 valence electrons. The van der Waals surface area contributed by atoms with Gasteiger partial charge in [-0.3, -0.25) is 0 Å². The van der Waals surface area contributed by atoms with E-state index in [0.29, 0.717) is 17.0 Å². The van der Waals surface area contributed by atoms with Crippen LogP contribution in [0.1, 0.15) is 62.1 Å². The first-order chi connectivity index (χ1) is 9.22. The molecule has 19 heavy (non-hydrogen) atoms. The monoisotopic (exact) mass is 293 g/mol. The molecular weight excluding hydrogens is 274 g/mol. The van der Waals surface area contributed by atoms with Crippen molar-refractivity contribution in [1.82, 2.24) is 9.97 Å². The summed E-state index contributed by atoms with van der Waals surface area (Å²) in [5.74, 6) is 1.25. The molecule has 1 fully saturated rings. The Labute approximate surface area is 121 Å². The van der Waals surface area contributed by atoms with E-state index in [1.165, 1.54) is 39.8 Å². The van der Waals surface area contributed by atoms with Gasteiger partial charge in [-0.15, -0.1) is 22.7 Å². The molecule has 0 unspecified atom stereocenters. The molecular formula is C14H19N3S2. The molecule has 1 saturated carbocycles. The maximum atomic E-state index is 5.77. The van der Waals surface area contributed by atoms with E-state index in [4.69, 9.17) is 10.7 Å². The zero-order valence-electron chi connectivity index (χ0n) is 11.3. The van der Waals surface area contributed by atoms with E-state index in [2.05, 4.69) is 24.2 Å². The predicted octanol–water partition coefficient (Wildman–Crippen LogP) is 4.63. The molecule has 0 radical (unpaired) electrons. The molecule has 1 aliphatic carbocycles. The summed E-state index contributed by atoms with van der Waals surface area (Å²) in [7, 11) is 0. The standard InChI is InChI=1S/C14H19N3S2/c1-3-8(4-2)13-17-11(9-5-6-9)12(19-13)10-7-18-14(15)16-10/h7-9H,3-6H2,1-2H3,(H2,15,16). The van der Waals surface area contributed by atoms with Crippen LogP contribution in [-0.2, 0) is 0 Å². The van der Waals surface area contributed by atoms with E-state index < -0.39 is 0 Å². The van der Waals surface area contributed by atoms with E-state index in [0.717, 1.165) is 18.5 Å². The fourth-order valence-electron chi connectivity index (χ4n) is 2.37. The van der Waals surface area contributed by atoms with Crippen LogP contribution in [0, 0.1) is 0 Å². The van der Waals surface area contributed by atoms with Crippen LogP contribution in [-0.4, -0.2) is 9.97 Å². The van der Waals surface area contributed by atoms with Crippen molar-refractivity contribution in [1.29, 1.82) is 0 Å². The molecule has 2 heterocycles. The number of rotatable bonds is 5. The molecule has 0 aromatic carbocycles. The van der Waals surface area contributed by atoms with Gasteiger partial charge >= 0.3 is 0 Å². The number of nitrogens with zero attached hydrogens (tertiary/aromatic N) is 2. The van der Waals surface area contributed by atoms with Crippen molar-refractivity contribution in [2.45, 2.75) is 51.4 Å². The molecule has 2 N–H and O–H groups in total. The SMILES string of the molecule is CCC(CC)c1nc(C2CC2)c(-c2csc(N)n2)s1. The molecule has 0 bridgehead atoms. The molecule has 2 aromatic heterocycles. The highest BCUT2D eigenvalue weighted by molar-refractivity contribution is 7.16. The summed E-state index contributed by atoms with van der Waals surface area (Å²) in [4.78, 5) is 10.6. The summed E-state index contributed by atoms with van der Waals surface area (Å²) >= 11 is 3.34. The highest BCUT2D eigenvalue weighted by Crippen LogP contribution is 2.47. The predicted molar refractivity (Wildman–Crippen MR) is 82.9 cm³/mol. The second-order valence-corrected chi connectivity index (χ2v) is 7.05. The van der Waals surface area contributed by atoms with E-state index in [1.54, 1.807) is 0 Å². The molecule has 0 atom stereocenters. The van der Waals surface area contributed by atoms with E-state index >= 15 is 0 Å². The maximum absolute atomic E-state index is 5.77. The molecule has 5 heteroatoms. The van der Waals surface area contributed by atoms with Gasteiger partial charge in [0.1, 0.15) is 0 Å². The Morgan fingerprint density at radius 3 is 2.58 bits per heavy atom. The smallest absolute Gasteiger partial charge is 0.180 e. The summed E-state index contributed by atoms with van der Waals surface area (Å²) in [6, 6.07) is 0. The van der Waals surface area contributed by atoms with Crippen LogP contribution in [0.2, 0.25) is 0 Å². The molecule has 3 nitrogen and oxygen atoms in total. The van der Waals surface area contributed by atoms with Crippen LogP contribution in [0.15, 0.2) is 5.38 Å². The second kappa shape index (κ2) is 5.21. The number of thiazole rings is 2. The maximum Gasteiger partial charge on any atom is 0.180 e. The van der Waals surface area contributed by atoms with Gasteiger partial charge in [0.15, 0.2) is 5.13 Å². The lowest BCUT2D eigenvalue weighted by molar-refractivity contribution is 0.635. The van der Waals surface area contributed by atoms with Gasteiger partial charge in [-0.2, -0.15) is 0 Å². The summed E-state index contributed by atoms with van der Waals surface area (Å²) in [6.45, 7) is 4.49. The first-order valence-corrected chi connectivity index (χ1v) is 8.64. The van der Waals surface area contributed by atoms with Crippen molar-refractivity contribution >= 4 is 27.8 Å². The molecule has 2 aromatic rings. The Bertz CT molecular complexity index is 565. The first-order valence-electron chi connectivity index (χ1n) is 6.94. The van der Waals surface area contributed by atoms with E-state index in [9.17, 15) is 0 Å². The number of aromatic nitrogens is 2. The van der Waals surface area contributed by atoms with Crippen molar-refractivity contribution in [2.24, 2.45) is 0 Å². The van der Waals surface area contributed by atoms with E-state index in [-0.39, 0.29) is 0 Å². The molecule has 0 saturated heterocycles. The average molecular weight is 293 g/mol. The van der Waals surface area contributed by atoms with Crippen LogP contribution in [0.4, 0.5) is 5.13 Å². The fourth-order valence-corrected chi connectivity index (χ4v) is 4.38. The Morgan fingerprint density at radius 1 is 1.32 bits per heavy atom. The van der Waals surface area contributed by atoms with Crippen molar-refractivity contribution < 1.29 is 0 Å². The van der Waals surface area contributed by atoms with Crippen molar-refractivity contribution in [3.63, 3.8) is 0 Å². The van der Waals surface area contributed by atoms with Crippen LogP contribution < -0.4 is 5.73 Å². The fraction of sp³-hybridized carbons (Fsp3) is 0.571. The summed E-state index contributed by atoms with van der Waals surface area (Å²) in [5, 5.41) is 3.99. The number of nitrogens with two attached hydrogens (primary N) is 1. The number of hydrogen-bond acceptors (Lipinski definition) is 5. The minimum Gasteiger partial charge on any atom is -0.375 e. The van der Waals surface area contributed by atoms with Crippen molar-refractivity contribution in [3.8, 4) is 10.6 Å². The summed E-state index contributed by atoms with van der Waals surface area (Å²) in [6.07, 6.45) is 4.87. The zero-order valence-corrected chi connectivity index (χ0v) is 13.0. The Hall–Kier alpha value is -0.940. The second-order valence-electron chi connectivity index (χ2n) is 5.13. The minimum atomic E-state index is 0.590. The van der Waals surface area contributed by atoms with Gasteiger partial charge < -0.3 is 5.73 Å². The van der Waals surface area contributed by atoms with Crippen LogP contribution >= 0.6 is 22.7 Å². The van der Waals surface area contributed by atoms with Crippen molar-refractivity contribution in [2.75, 3.05) is 5.73 Å². The number of anilines is 1. The molecule has 1 aliphatic rings. The molecule has 0 aliphatic heterocycles. The topological polar surface area (TPSA) is 51.8 Å². The lowest BCUT2D eigenvalue weighted by Crippen LogP contribution is -1.94. The molecule has 0 spiro atoms. The lowest BCUT2D eigenvalue weighted by atomic mass is 10.1. The lowest BCUT2D eigenvalue weighted by Gasteiger charge is -2.06. The van der Waals surface area contributed by atoms with Crippen molar-refractivity contribution in [3.05, 3.63) is 16.1 Å². The highest BCUT2D eigenvalue weighted by atomic mass is 32.1. The Morgan fingerprint density at radius 2 is 2.05 bits per heavy atom. The third-order valence-electron chi connectivity index (χ3n) is 3.72. The number of nitrogen functional groups attached to an aromatic ring is 1. The molecule has 0 amide bonds. The van der Waals surface area contributed by atoms with Gasteiger partial charge in [-0.25, -0.2) is 9.97 Å². The van der Waals surface area contributed by atoms with Gasteiger partial charge in [0.05, 0.1) is 21.3 Å². The van der Waals surface area contributed by atoms with Gasteiger partial charge in [0.2, 0.25) is 0 Å². The van der Waals surface area contributed by atoms with E-state index in [1.807, 2.05) is 11.3 Å². The normalized spacial score (nSPS) is 15.3. The third kappa shape index (κ3) is 2.54. The molecule has 3 rings (SSSR count). The van der Waals surface area contributed by atoms with Gasteiger partial charge in [-0.05, 0) is 25.7 Å². The van der Waals surface area contributed by atoms with Gasteiger partial charge in [0, 0.05) is 17.2 Å². The minimum absolute atomic E-state index is 0.590. The average Bonchev–Trinajstić information content (AvgIpc) is 3.02. The first kappa shape index (κ1) is 13.1. The Kier molecular flexibility index (Phi) is 3.58. The largest absolute Gasteiger partial charge is 0.375 e. The van der Waals surface area contributed by atoms with Crippen LogP contribution in [0.3, 0.4) is 0 Å². The highest BCUT2D eigenvalue weighted by Gasteiger charge is 2.31. The van der Waals surface area contributed by atoms with Crippen LogP contribution in [0.5, 0.6) is 0 Å². The zero-order chi connectivity index (χ0) is 13.4. The summed E-state index contributed by atoms with van der Waals surface area (Å²) < 4.78 is 0. The summed E-state index contributed by atoms with van der Waals surface area (Å²) in [5.41, 5.74) is 8.07. The quantitative estimate of drug-likeness (QED) is 0.874. The van der Waals surface area contributed by atoms with Gasteiger partial charge in [0.25, 0.3) is 0 Å². The Balaban J connectivity index is 2.02.